The Morgan fingerprint density at radius 1 is 1.00 bits per heavy atom. The van der Waals surface area contributed by atoms with Gasteiger partial charge in [-0.15, -0.1) is 0 Å². The summed E-state index contributed by atoms with van der Waals surface area (Å²) < 4.78 is 7.12. The fourth-order valence-corrected chi connectivity index (χ4v) is 7.63. The Bertz CT molecular complexity index is 632. The van der Waals surface area contributed by atoms with Crippen molar-refractivity contribution >= 4 is 8.32 Å². The summed E-state index contributed by atoms with van der Waals surface area (Å²) in [4.78, 5) is 0. The van der Waals surface area contributed by atoms with E-state index in [-0.39, 0.29) is 16.2 Å². The van der Waals surface area contributed by atoms with Crippen LogP contribution in [-0.2, 0) is 9.96 Å². The monoisotopic (exact) mass is 357 g/mol. The Labute approximate surface area is 154 Å². The Kier molecular flexibility index (Phi) is 3.86. The maximum Gasteiger partial charge on any atom is 0.192 e. The first kappa shape index (κ1) is 17.8. The maximum absolute atomic E-state index is 7.18. The van der Waals surface area contributed by atoms with Gasteiger partial charge in [-0.2, -0.15) is 0 Å². The lowest BCUT2D eigenvalue weighted by Crippen LogP contribution is -2.68. The van der Waals surface area contributed by atoms with Crippen LogP contribution in [0.3, 0.4) is 0 Å². The molecular formula is C22H35NOSi. The van der Waals surface area contributed by atoms with E-state index in [0.29, 0.717) is 11.8 Å². The molecule has 2 unspecified atom stereocenters. The Morgan fingerprint density at radius 2 is 1.56 bits per heavy atom. The van der Waals surface area contributed by atoms with Crippen LogP contribution >= 0.6 is 0 Å². The van der Waals surface area contributed by atoms with Gasteiger partial charge in [-0.05, 0) is 73.6 Å². The molecule has 2 nitrogen and oxygen atoms in total. The predicted molar refractivity (Wildman–Crippen MR) is 107 cm³/mol. The highest BCUT2D eigenvalue weighted by Crippen LogP contribution is 2.64. The lowest BCUT2D eigenvalue weighted by Gasteiger charge is -2.65. The van der Waals surface area contributed by atoms with E-state index in [1.165, 1.54) is 24.8 Å². The second-order valence-electron chi connectivity index (χ2n) is 10.7. The summed E-state index contributed by atoms with van der Waals surface area (Å²) in [6, 6.07) is 10.9. The lowest BCUT2D eigenvalue weighted by molar-refractivity contribution is -0.155. The molecule has 4 fully saturated rings. The summed E-state index contributed by atoms with van der Waals surface area (Å²) in [5.74, 6) is 1.97. The van der Waals surface area contributed by atoms with Crippen LogP contribution in [0.15, 0.2) is 30.3 Å². The third kappa shape index (κ3) is 2.65. The molecule has 4 aliphatic carbocycles. The van der Waals surface area contributed by atoms with Crippen LogP contribution in [0.4, 0.5) is 0 Å². The minimum Gasteiger partial charge on any atom is -0.411 e. The molecule has 4 saturated carbocycles. The fourth-order valence-electron chi connectivity index (χ4n) is 5.99. The number of hydrogen-bond acceptors (Lipinski definition) is 2. The molecule has 4 aliphatic rings. The quantitative estimate of drug-likeness (QED) is 0.731. The molecule has 2 atom stereocenters. The first-order valence-corrected chi connectivity index (χ1v) is 13.0. The summed E-state index contributed by atoms with van der Waals surface area (Å²) in [6.45, 7) is 11.9. The van der Waals surface area contributed by atoms with Gasteiger partial charge in [-0.25, -0.2) is 0 Å². The minimum atomic E-state index is -1.76. The van der Waals surface area contributed by atoms with Gasteiger partial charge < -0.3 is 10.2 Å². The molecule has 0 aromatic heterocycles. The summed E-state index contributed by atoms with van der Waals surface area (Å²) in [5.41, 5.74) is 8.50. The third-order valence-electron chi connectivity index (χ3n) is 8.04. The Morgan fingerprint density at radius 3 is 2.08 bits per heavy atom. The molecule has 0 saturated heterocycles. The molecule has 0 heterocycles. The zero-order valence-electron chi connectivity index (χ0n) is 16.6. The van der Waals surface area contributed by atoms with Crippen LogP contribution in [0, 0.1) is 17.8 Å². The van der Waals surface area contributed by atoms with Crippen LogP contribution in [0.1, 0.15) is 58.4 Å². The van der Waals surface area contributed by atoms with Gasteiger partial charge in [0.05, 0.1) is 5.60 Å². The summed E-state index contributed by atoms with van der Waals surface area (Å²) in [6.07, 6.45) is 6.20. The third-order valence-corrected chi connectivity index (χ3v) is 12.6. The molecule has 4 bridgehead atoms. The number of nitrogens with two attached hydrogens (primary N) is 1. The van der Waals surface area contributed by atoms with E-state index < -0.39 is 8.32 Å². The van der Waals surface area contributed by atoms with E-state index in [9.17, 15) is 0 Å². The molecule has 3 heteroatoms. The van der Waals surface area contributed by atoms with E-state index >= 15 is 0 Å². The minimum absolute atomic E-state index is 0.108. The molecule has 25 heavy (non-hydrogen) atoms. The zero-order chi connectivity index (χ0) is 18.1. The first-order valence-electron chi connectivity index (χ1n) is 10.1. The predicted octanol–water partition coefficient (Wildman–Crippen LogP) is 5.44. The second kappa shape index (κ2) is 5.43. The van der Waals surface area contributed by atoms with Gasteiger partial charge in [-0.3, -0.25) is 0 Å². The first-order chi connectivity index (χ1) is 11.6. The highest BCUT2D eigenvalue weighted by molar-refractivity contribution is 6.74. The molecular weight excluding hydrogens is 322 g/mol. The van der Waals surface area contributed by atoms with Crippen molar-refractivity contribution in [3.05, 3.63) is 35.9 Å². The van der Waals surface area contributed by atoms with Crippen LogP contribution < -0.4 is 5.73 Å². The molecule has 1 aromatic carbocycles. The van der Waals surface area contributed by atoms with Crippen molar-refractivity contribution in [2.75, 3.05) is 0 Å². The maximum atomic E-state index is 7.18. The molecule has 5 rings (SSSR count). The van der Waals surface area contributed by atoms with E-state index in [0.717, 1.165) is 18.8 Å². The summed E-state index contributed by atoms with van der Waals surface area (Å²) in [7, 11) is -1.76. The highest BCUT2D eigenvalue weighted by atomic mass is 28.4. The van der Waals surface area contributed by atoms with Crippen molar-refractivity contribution in [3.63, 3.8) is 0 Å². The van der Waals surface area contributed by atoms with Crippen molar-refractivity contribution in [3.8, 4) is 0 Å². The van der Waals surface area contributed by atoms with Crippen LogP contribution in [-0.4, -0.2) is 13.9 Å². The van der Waals surface area contributed by atoms with Crippen LogP contribution in [0.5, 0.6) is 0 Å². The van der Waals surface area contributed by atoms with E-state index in [4.69, 9.17) is 10.2 Å². The topological polar surface area (TPSA) is 35.2 Å². The van der Waals surface area contributed by atoms with E-state index in [1.807, 2.05) is 0 Å². The van der Waals surface area contributed by atoms with Crippen molar-refractivity contribution in [2.45, 2.75) is 82.1 Å². The average molecular weight is 358 g/mol. The van der Waals surface area contributed by atoms with Crippen molar-refractivity contribution in [2.24, 2.45) is 23.5 Å². The largest absolute Gasteiger partial charge is 0.411 e. The van der Waals surface area contributed by atoms with E-state index in [2.05, 4.69) is 64.2 Å². The Hall–Kier alpha value is -0.643. The fraction of sp³-hybridized carbons (Fsp3) is 0.727. The van der Waals surface area contributed by atoms with Crippen molar-refractivity contribution in [1.82, 2.24) is 0 Å². The molecule has 0 radical (unpaired) electrons. The smallest absolute Gasteiger partial charge is 0.192 e. The van der Waals surface area contributed by atoms with Gasteiger partial charge in [0.15, 0.2) is 8.32 Å². The lowest BCUT2D eigenvalue weighted by atomic mass is 9.46. The van der Waals surface area contributed by atoms with Crippen molar-refractivity contribution < 1.29 is 4.43 Å². The van der Waals surface area contributed by atoms with Crippen LogP contribution in [0.25, 0.3) is 0 Å². The Balaban J connectivity index is 1.66. The standard InChI is InChI=1S/C22H35NOSi/c1-20(2,3)25(4,5)24-21-13-16-11-18(14-21)22(23,19(12-16)15-21)17-9-7-6-8-10-17/h6-10,16,18-19H,11-15,23H2,1-5H3. The SMILES string of the molecule is CC(C)(C)[Si](C)(C)OC12CC3CC(C1)C(N)(c1ccccc1)C(C3)C2. The molecule has 0 spiro atoms. The average Bonchev–Trinajstić information content (AvgIpc) is 2.50. The van der Waals surface area contributed by atoms with Gasteiger partial charge in [0.25, 0.3) is 0 Å². The second-order valence-corrected chi connectivity index (χ2v) is 15.4. The van der Waals surface area contributed by atoms with Crippen molar-refractivity contribution in [1.29, 1.82) is 0 Å². The summed E-state index contributed by atoms with van der Waals surface area (Å²) >= 11 is 0. The molecule has 0 aliphatic heterocycles. The van der Waals surface area contributed by atoms with E-state index in [1.54, 1.807) is 0 Å². The molecule has 0 amide bonds. The van der Waals surface area contributed by atoms with Crippen LogP contribution in [0.2, 0.25) is 18.1 Å². The number of benzene rings is 1. The van der Waals surface area contributed by atoms with Gasteiger partial charge in [0.1, 0.15) is 0 Å². The zero-order valence-corrected chi connectivity index (χ0v) is 17.6. The highest BCUT2D eigenvalue weighted by Gasteiger charge is 2.63. The number of hydrogen-bond donors (Lipinski definition) is 1. The van der Waals surface area contributed by atoms with Gasteiger partial charge in [0.2, 0.25) is 0 Å². The molecule has 138 valence electrons. The van der Waals surface area contributed by atoms with Gasteiger partial charge in [-0.1, -0.05) is 51.1 Å². The van der Waals surface area contributed by atoms with Gasteiger partial charge >= 0.3 is 0 Å². The number of rotatable bonds is 3. The normalized spacial score (nSPS) is 40.5. The molecule has 2 N–H and O–H groups in total. The van der Waals surface area contributed by atoms with Gasteiger partial charge in [0, 0.05) is 5.54 Å². The summed E-state index contributed by atoms with van der Waals surface area (Å²) in [5, 5.41) is 0.273. The molecule has 1 aromatic rings.